The van der Waals surface area contributed by atoms with Crippen molar-refractivity contribution < 1.29 is 14.6 Å². The zero-order chi connectivity index (χ0) is 18.6. The number of carbonyl (C=O) groups is 1. The number of ether oxygens (including phenoxy) is 1. The number of hydrogen-bond acceptors (Lipinski definition) is 7. The van der Waals surface area contributed by atoms with E-state index in [1.807, 2.05) is 4.90 Å². The van der Waals surface area contributed by atoms with Gasteiger partial charge in [-0.3, -0.25) is 14.8 Å². The fourth-order valence-corrected chi connectivity index (χ4v) is 4.36. The van der Waals surface area contributed by atoms with E-state index in [9.17, 15) is 9.90 Å². The molecule has 2 saturated carbocycles. The summed E-state index contributed by atoms with van der Waals surface area (Å²) < 4.78 is 5.19. The third kappa shape index (κ3) is 2.48. The van der Waals surface area contributed by atoms with E-state index in [4.69, 9.17) is 4.74 Å². The minimum atomic E-state index is -0.441. The topological polar surface area (TPSA) is 116 Å². The van der Waals surface area contributed by atoms with Crippen LogP contribution in [0.1, 0.15) is 44.1 Å². The van der Waals surface area contributed by atoms with Crippen LogP contribution in [0, 0.1) is 0 Å². The van der Waals surface area contributed by atoms with E-state index in [1.165, 1.54) is 7.11 Å². The SMILES string of the molecule is COc1n[nH]cc1Nc1ncc2c(n1)N([C@@H]1CCC[C@@H](O)C1)C(=O)C21CC1. The lowest BCUT2D eigenvalue weighted by Gasteiger charge is -2.33. The molecule has 0 radical (unpaired) electrons. The molecule has 0 bridgehead atoms. The highest BCUT2D eigenvalue weighted by Crippen LogP contribution is 2.57. The smallest absolute Gasteiger partial charge is 0.256 e. The molecule has 2 aliphatic carbocycles. The normalized spacial score (nSPS) is 25.6. The van der Waals surface area contributed by atoms with Gasteiger partial charge >= 0.3 is 0 Å². The van der Waals surface area contributed by atoms with Gasteiger partial charge in [0.25, 0.3) is 5.88 Å². The monoisotopic (exact) mass is 370 g/mol. The number of anilines is 3. The van der Waals surface area contributed by atoms with Gasteiger partial charge in [-0.1, -0.05) is 0 Å². The van der Waals surface area contributed by atoms with Gasteiger partial charge in [-0.2, -0.15) is 4.98 Å². The number of aromatic amines is 1. The molecule has 27 heavy (non-hydrogen) atoms. The Labute approximate surface area is 156 Å². The van der Waals surface area contributed by atoms with Crippen LogP contribution in [0.4, 0.5) is 17.5 Å². The minimum absolute atomic E-state index is 0.00816. The molecule has 2 atom stereocenters. The number of rotatable bonds is 4. The Hall–Kier alpha value is -2.68. The van der Waals surface area contributed by atoms with E-state index in [-0.39, 0.29) is 18.1 Å². The lowest BCUT2D eigenvalue weighted by molar-refractivity contribution is -0.121. The van der Waals surface area contributed by atoms with Crippen LogP contribution >= 0.6 is 0 Å². The summed E-state index contributed by atoms with van der Waals surface area (Å²) >= 11 is 0. The summed E-state index contributed by atoms with van der Waals surface area (Å²) in [6, 6.07) is -0.00816. The Morgan fingerprint density at radius 1 is 1.41 bits per heavy atom. The highest BCUT2D eigenvalue weighted by Gasteiger charge is 2.61. The molecule has 9 heteroatoms. The summed E-state index contributed by atoms with van der Waals surface area (Å²) in [6.45, 7) is 0. The molecule has 2 fully saturated rings. The number of fused-ring (bicyclic) bond motifs is 2. The van der Waals surface area contributed by atoms with Gasteiger partial charge in [0.1, 0.15) is 11.5 Å². The maximum absolute atomic E-state index is 13.2. The van der Waals surface area contributed by atoms with Crippen molar-refractivity contribution in [2.75, 3.05) is 17.3 Å². The molecule has 1 spiro atoms. The number of amides is 1. The molecule has 3 heterocycles. The van der Waals surface area contributed by atoms with Crippen molar-refractivity contribution in [2.24, 2.45) is 0 Å². The summed E-state index contributed by atoms with van der Waals surface area (Å²) in [5, 5.41) is 19.9. The molecule has 3 aliphatic rings. The van der Waals surface area contributed by atoms with Crippen molar-refractivity contribution in [2.45, 2.75) is 56.1 Å². The van der Waals surface area contributed by atoms with Crippen LogP contribution in [-0.4, -0.2) is 50.4 Å². The van der Waals surface area contributed by atoms with E-state index in [2.05, 4.69) is 25.5 Å². The van der Waals surface area contributed by atoms with Gasteiger partial charge in [0.05, 0.1) is 18.6 Å². The number of methoxy groups -OCH3 is 1. The minimum Gasteiger partial charge on any atom is -0.478 e. The third-order valence-corrected chi connectivity index (χ3v) is 5.92. The first-order valence-corrected chi connectivity index (χ1v) is 9.36. The molecule has 2 aromatic rings. The van der Waals surface area contributed by atoms with Gasteiger partial charge in [0, 0.05) is 24.0 Å². The van der Waals surface area contributed by atoms with Crippen LogP contribution < -0.4 is 15.0 Å². The largest absolute Gasteiger partial charge is 0.478 e. The van der Waals surface area contributed by atoms with Gasteiger partial charge in [-0.15, -0.1) is 5.10 Å². The number of aromatic nitrogens is 4. The van der Waals surface area contributed by atoms with Crippen molar-refractivity contribution in [3.8, 4) is 5.88 Å². The molecule has 142 valence electrons. The van der Waals surface area contributed by atoms with Crippen molar-refractivity contribution in [1.82, 2.24) is 20.2 Å². The molecule has 3 N–H and O–H groups in total. The predicted molar refractivity (Wildman–Crippen MR) is 97.1 cm³/mol. The Balaban J connectivity index is 1.51. The van der Waals surface area contributed by atoms with Gasteiger partial charge in [-0.25, -0.2) is 4.98 Å². The van der Waals surface area contributed by atoms with Crippen LogP contribution in [0.3, 0.4) is 0 Å². The van der Waals surface area contributed by atoms with Gasteiger partial charge in [0.15, 0.2) is 0 Å². The molecule has 0 aromatic carbocycles. The number of aliphatic hydroxyl groups is 1. The fourth-order valence-electron chi connectivity index (χ4n) is 4.36. The Bertz CT molecular complexity index is 893. The van der Waals surface area contributed by atoms with Gasteiger partial charge in [0.2, 0.25) is 11.9 Å². The van der Waals surface area contributed by atoms with E-state index in [0.29, 0.717) is 29.8 Å². The molecule has 1 amide bonds. The molecular weight excluding hydrogens is 348 g/mol. The van der Waals surface area contributed by atoms with E-state index < -0.39 is 5.41 Å². The van der Waals surface area contributed by atoms with Gasteiger partial charge in [-0.05, 0) is 38.5 Å². The molecule has 0 saturated heterocycles. The number of nitrogens with zero attached hydrogens (tertiary/aromatic N) is 4. The molecule has 9 nitrogen and oxygen atoms in total. The maximum atomic E-state index is 13.2. The first-order valence-electron chi connectivity index (χ1n) is 9.36. The zero-order valence-corrected chi connectivity index (χ0v) is 15.1. The van der Waals surface area contributed by atoms with E-state index in [0.717, 1.165) is 37.7 Å². The second-order valence-electron chi connectivity index (χ2n) is 7.60. The average molecular weight is 370 g/mol. The summed E-state index contributed by atoms with van der Waals surface area (Å²) in [6.07, 6.45) is 7.97. The highest BCUT2D eigenvalue weighted by molar-refractivity contribution is 6.09. The van der Waals surface area contributed by atoms with Crippen molar-refractivity contribution in [3.05, 3.63) is 18.0 Å². The first-order chi connectivity index (χ1) is 13.1. The highest BCUT2D eigenvalue weighted by atomic mass is 16.5. The van der Waals surface area contributed by atoms with Crippen LogP contribution in [0.2, 0.25) is 0 Å². The number of hydrogen-bond donors (Lipinski definition) is 3. The Kier molecular flexibility index (Phi) is 3.61. The first kappa shape index (κ1) is 16.5. The second kappa shape index (κ2) is 5.91. The van der Waals surface area contributed by atoms with Crippen molar-refractivity contribution in [3.63, 3.8) is 0 Å². The Morgan fingerprint density at radius 3 is 3.00 bits per heavy atom. The predicted octanol–water partition coefficient (Wildman–Crippen LogP) is 1.63. The summed E-state index contributed by atoms with van der Waals surface area (Å²) in [5.74, 6) is 1.60. The number of aliphatic hydroxyl groups excluding tert-OH is 1. The number of carbonyl (C=O) groups excluding carboxylic acids is 1. The van der Waals surface area contributed by atoms with Crippen LogP contribution in [0.25, 0.3) is 0 Å². The maximum Gasteiger partial charge on any atom is 0.256 e. The second-order valence-corrected chi connectivity index (χ2v) is 7.60. The third-order valence-electron chi connectivity index (χ3n) is 5.92. The molecule has 0 unspecified atom stereocenters. The van der Waals surface area contributed by atoms with Crippen LogP contribution in [0.5, 0.6) is 5.88 Å². The zero-order valence-electron chi connectivity index (χ0n) is 15.1. The molecule has 1 aliphatic heterocycles. The standard InChI is InChI=1S/C18H22N6O3/c1-27-15-13(9-20-23-15)21-17-19-8-12-14(22-17)24(16(26)18(12)5-6-18)10-3-2-4-11(25)7-10/h8-11,25H,2-7H2,1H3,(H,20,23)(H,19,21,22)/t10-,11-/m1/s1. The quantitative estimate of drug-likeness (QED) is 0.749. The lowest BCUT2D eigenvalue weighted by atomic mass is 9.92. The van der Waals surface area contributed by atoms with Crippen molar-refractivity contribution >= 4 is 23.4 Å². The van der Waals surface area contributed by atoms with E-state index >= 15 is 0 Å². The average Bonchev–Trinajstić information content (AvgIpc) is 3.28. The number of nitrogens with one attached hydrogen (secondary N) is 2. The lowest BCUT2D eigenvalue weighted by Crippen LogP contribution is -2.44. The molecular formula is C18H22N6O3. The fraction of sp³-hybridized carbons (Fsp3) is 0.556. The summed E-state index contributed by atoms with van der Waals surface area (Å²) in [4.78, 5) is 24.1. The molecule has 2 aromatic heterocycles. The Morgan fingerprint density at radius 2 is 2.26 bits per heavy atom. The molecule has 5 rings (SSSR count). The van der Waals surface area contributed by atoms with Gasteiger partial charge < -0.3 is 15.2 Å². The van der Waals surface area contributed by atoms with Crippen LogP contribution in [0.15, 0.2) is 12.4 Å². The van der Waals surface area contributed by atoms with Crippen molar-refractivity contribution in [1.29, 1.82) is 0 Å². The number of H-pyrrole nitrogens is 1. The summed E-state index contributed by atoms with van der Waals surface area (Å²) in [7, 11) is 1.54. The van der Waals surface area contributed by atoms with Crippen LogP contribution in [-0.2, 0) is 10.2 Å². The van der Waals surface area contributed by atoms with E-state index in [1.54, 1.807) is 12.4 Å². The summed E-state index contributed by atoms with van der Waals surface area (Å²) in [5.41, 5.74) is 1.10.